The molecule has 0 amide bonds. The van der Waals surface area contributed by atoms with Crippen LogP contribution in [0.1, 0.15) is 258 Å². The topological polar surface area (TPSA) is 54.4 Å². The number of hydrogen-bond acceptors (Lipinski definition) is 2. The van der Waals surface area contributed by atoms with Crippen molar-refractivity contribution in [2.75, 3.05) is 12.3 Å². The van der Waals surface area contributed by atoms with E-state index < -0.39 is 10.1 Å². The van der Waals surface area contributed by atoms with Crippen molar-refractivity contribution >= 4 is 10.1 Å². The molecule has 0 atom stereocenters. The van der Waals surface area contributed by atoms with Crippen LogP contribution in [0.5, 0.6) is 0 Å². The fourth-order valence-electron chi connectivity index (χ4n) is 7.49. The average molecular weight is 765 g/mol. The summed E-state index contributed by atoms with van der Waals surface area (Å²) in [5.41, 5.74) is 0. The minimum atomic E-state index is -3.97. The molecule has 0 heterocycles. The largest absolute Gasteiger partial charge is 0.286 e. The lowest BCUT2D eigenvalue weighted by atomic mass is 10.1. The van der Waals surface area contributed by atoms with Gasteiger partial charge in [0.1, 0.15) is 18.6 Å². The molecule has 0 rings (SSSR count). The van der Waals surface area contributed by atoms with E-state index in [4.69, 9.17) is 0 Å². The lowest BCUT2D eigenvalue weighted by Gasteiger charge is -2.27. The first-order valence-electron chi connectivity index (χ1n) is 23.7. The number of unbranched alkanes of at least 4 members (excludes halogenated alkanes) is 33. The van der Waals surface area contributed by atoms with Gasteiger partial charge in [0.15, 0.2) is 0 Å². The molecule has 0 unspecified atom stereocenters. The summed E-state index contributed by atoms with van der Waals surface area (Å²) in [6.45, 7) is 7.50. The molecule has 0 spiro atoms. The maximum absolute atomic E-state index is 11.7. The van der Waals surface area contributed by atoms with Gasteiger partial charge in [-0.1, -0.05) is 213 Å². The third-order valence-electron chi connectivity index (χ3n) is 11.0. The van der Waals surface area contributed by atoms with Crippen molar-refractivity contribution in [1.29, 1.82) is 0 Å². The Morgan fingerprint density at radius 3 is 0.811 bits per heavy atom. The summed E-state index contributed by atoms with van der Waals surface area (Å²) < 4.78 is 33.4. The molecule has 0 aliphatic heterocycles. The summed E-state index contributed by atoms with van der Waals surface area (Å²) in [6.07, 6.45) is 62.2. The second kappa shape index (κ2) is 40.7. The zero-order valence-electron chi connectivity index (χ0n) is 36.2. The third kappa shape index (κ3) is 40.6. The van der Waals surface area contributed by atoms with Crippen LogP contribution in [0.15, 0.2) is 36.8 Å². The molecule has 0 aromatic carbocycles. The minimum Gasteiger partial charge on any atom is -0.286 e. The summed E-state index contributed by atoms with van der Waals surface area (Å²) in [4.78, 5) is 0. The van der Waals surface area contributed by atoms with E-state index in [0.717, 1.165) is 19.3 Å². The predicted molar refractivity (Wildman–Crippen MR) is 237 cm³/mol. The molecular weight excluding hydrogens is 671 g/mol. The quantitative estimate of drug-likeness (QED) is 0.0382. The van der Waals surface area contributed by atoms with Crippen molar-refractivity contribution in [3.8, 4) is 0 Å². The summed E-state index contributed by atoms with van der Waals surface area (Å²) in [5.74, 6) is -0.182. The molecular formula is C48H94NO3S+. The van der Waals surface area contributed by atoms with Crippen LogP contribution in [0.25, 0.3) is 0 Å². The molecule has 314 valence electrons. The first-order valence-corrected chi connectivity index (χ1v) is 25.4. The van der Waals surface area contributed by atoms with Crippen molar-refractivity contribution in [2.24, 2.45) is 0 Å². The fourth-order valence-corrected chi connectivity index (χ4v) is 7.98. The number of rotatable bonds is 43. The predicted octanol–water partition coefficient (Wildman–Crippen LogP) is 16.7. The third-order valence-corrected chi connectivity index (χ3v) is 11.8. The van der Waals surface area contributed by atoms with Crippen molar-refractivity contribution in [1.82, 2.24) is 0 Å². The molecule has 0 aliphatic carbocycles. The minimum absolute atomic E-state index is 0.182. The van der Waals surface area contributed by atoms with Crippen LogP contribution in [0.4, 0.5) is 0 Å². The SMILES string of the molecule is CCCCCCCCCCCCC/C=C/[N+](/C=C/CCCCCCCCCCCCC)(/C=C/CCCCCCCCCCCCC)CCCS(=O)(=O)O. The Morgan fingerprint density at radius 2 is 0.585 bits per heavy atom. The van der Waals surface area contributed by atoms with Gasteiger partial charge in [-0.25, -0.2) is 4.48 Å². The summed E-state index contributed by atoms with van der Waals surface area (Å²) in [7, 11) is -3.97. The smallest absolute Gasteiger partial charge is 0.265 e. The monoisotopic (exact) mass is 765 g/mol. The summed E-state index contributed by atoms with van der Waals surface area (Å²) in [6, 6.07) is 0. The van der Waals surface area contributed by atoms with E-state index >= 15 is 0 Å². The van der Waals surface area contributed by atoms with E-state index in [0.29, 0.717) is 17.4 Å². The molecule has 0 radical (unpaired) electrons. The molecule has 0 saturated heterocycles. The Morgan fingerprint density at radius 1 is 0.358 bits per heavy atom. The maximum atomic E-state index is 11.7. The molecule has 0 aromatic rings. The van der Waals surface area contributed by atoms with Crippen molar-refractivity contribution in [2.45, 2.75) is 258 Å². The van der Waals surface area contributed by atoms with E-state index in [1.54, 1.807) is 0 Å². The molecule has 0 fully saturated rings. The second-order valence-corrected chi connectivity index (χ2v) is 18.1. The molecule has 4 nitrogen and oxygen atoms in total. The van der Waals surface area contributed by atoms with Crippen LogP contribution in [-0.2, 0) is 10.1 Å². The zero-order chi connectivity index (χ0) is 38.8. The fraction of sp³-hybridized carbons (Fsp3) is 0.875. The van der Waals surface area contributed by atoms with Gasteiger partial charge in [0.25, 0.3) is 10.1 Å². The highest BCUT2D eigenvalue weighted by atomic mass is 32.2. The first-order chi connectivity index (χ1) is 25.9. The molecule has 53 heavy (non-hydrogen) atoms. The van der Waals surface area contributed by atoms with Crippen molar-refractivity contribution in [3.63, 3.8) is 0 Å². The standard InChI is InChI=1S/C48H93NO3S/c1-4-7-10-13-16-19-22-25-28-31-34-37-40-44-49(47-43-48-53(50,51)52,45-41-38-35-32-29-26-23-20-17-14-11-8-5-2)46-42-39-36-33-30-27-24-21-18-15-12-9-6-3/h40-42,44-46H,4-39,43,47-48H2,1-3H3/p+1/b44-40+,45-41+,46-42+. The summed E-state index contributed by atoms with van der Waals surface area (Å²) >= 11 is 0. The molecule has 0 aliphatic rings. The molecule has 5 heteroatoms. The zero-order valence-corrected chi connectivity index (χ0v) is 37.0. The highest BCUT2D eigenvalue weighted by molar-refractivity contribution is 7.85. The molecule has 0 aromatic heterocycles. The van der Waals surface area contributed by atoms with E-state index in [1.165, 1.54) is 212 Å². The van der Waals surface area contributed by atoms with Crippen LogP contribution in [0.3, 0.4) is 0 Å². The van der Waals surface area contributed by atoms with Gasteiger partial charge < -0.3 is 0 Å². The lowest BCUT2D eigenvalue weighted by Crippen LogP contribution is -2.33. The van der Waals surface area contributed by atoms with Crippen molar-refractivity contribution < 1.29 is 17.5 Å². The van der Waals surface area contributed by atoms with Gasteiger partial charge in [-0.05, 0) is 56.8 Å². The van der Waals surface area contributed by atoms with E-state index in [2.05, 4.69) is 57.6 Å². The number of hydrogen-bond donors (Lipinski definition) is 1. The highest BCUT2D eigenvalue weighted by Crippen LogP contribution is 2.20. The Labute approximate surface area is 333 Å². The average Bonchev–Trinajstić information content (AvgIpc) is 3.13. The normalized spacial score (nSPS) is 12.8. The number of allylic oxidation sites excluding steroid dienone is 3. The van der Waals surface area contributed by atoms with Gasteiger partial charge >= 0.3 is 0 Å². The van der Waals surface area contributed by atoms with Crippen molar-refractivity contribution in [3.05, 3.63) is 36.8 Å². The van der Waals surface area contributed by atoms with Gasteiger partial charge in [-0.15, -0.1) is 0 Å². The van der Waals surface area contributed by atoms with Gasteiger partial charge in [0, 0.05) is 6.42 Å². The molecule has 0 bridgehead atoms. The highest BCUT2D eigenvalue weighted by Gasteiger charge is 2.20. The van der Waals surface area contributed by atoms with E-state index in [9.17, 15) is 13.0 Å². The van der Waals surface area contributed by atoms with E-state index in [-0.39, 0.29) is 5.75 Å². The van der Waals surface area contributed by atoms with Crippen LogP contribution >= 0.6 is 0 Å². The lowest BCUT2D eigenvalue weighted by molar-refractivity contribution is -0.773. The van der Waals surface area contributed by atoms with E-state index in [1.807, 2.05) is 0 Å². The van der Waals surface area contributed by atoms with Crippen LogP contribution in [0.2, 0.25) is 0 Å². The van der Waals surface area contributed by atoms with Gasteiger partial charge in [-0.2, -0.15) is 8.42 Å². The van der Waals surface area contributed by atoms with Gasteiger partial charge in [0.05, 0.1) is 12.3 Å². The van der Waals surface area contributed by atoms with Gasteiger partial charge in [-0.3, -0.25) is 4.55 Å². The first kappa shape index (κ1) is 52.1. The Kier molecular flexibility index (Phi) is 40.0. The molecule has 1 N–H and O–H groups in total. The number of quaternary nitrogens is 1. The summed E-state index contributed by atoms with van der Waals surface area (Å²) in [5, 5.41) is 0. The second-order valence-electron chi connectivity index (χ2n) is 16.5. The Balaban J connectivity index is 5.01. The Hall–Kier alpha value is -0.910. The molecule has 0 saturated carbocycles. The van der Waals surface area contributed by atoms with Gasteiger partial charge in [0.2, 0.25) is 0 Å². The van der Waals surface area contributed by atoms with Crippen LogP contribution in [-0.4, -0.2) is 29.8 Å². The van der Waals surface area contributed by atoms with Crippen LogP contribution < -0.4 is 0 Å². The maximum Gasteiger partial charge on any atom is 0.265 e. The number of nitrogens with zero attached hydrogens (tertiary/aromatic N) is 1. The van der Waals surface area contributed by atoms with Crippen LogP contribution in [0, 0.1) is 0 Å². The Bertz CT molecular complexity index is 837.